The number of amides is 3. The molecule has 0 bridgehead atoms. The van der Waals surface area contributed by atoms with Gasteiger partial charge >= 0.3 is 0 Å². The topological polar surface area (TPSA) is 306 Å². The lowest BCUT2D eigenvalue weighted by Crippen LogP contribution is -2.26. The molecule has 92 heavy (non-hydrogen) atoms. The summed E-state index contributed by atoms with van der Waals surface area (Å²) in [5.74, 6) is -0.750. The van der Waals surface area contributed by atoms with Crippen molar-refractivity contribution in [3.8, 4) is 33.8 Å². The lowest BCUT2D eigenvalue weighted by atomic mass is 10.1. The summed E-state index contributed by atoms with van der Waals surface area (Å²) in [6, 6.07) is 47.8. The second kappa shape index (κ2) is 27.3. The van der Waals surface area contributed by atoms with Gasteiger partial charge < -0.3 is 30.5 Å². The SMILES string of the molecule is CC(C)S(=O)(=O)c1ccc(-c2cnc3[nH]cc(C(=O)N(C)c4ccccc4)c3n2)cc1.CC(C)S(=O)(=O)c1ccc(-c2cnc3[nH]cc(C(=O)NCc4ccccc4)c3n2)cc1.CC(C)S(=O)(=O)c1ccc(-c2cnc3[nH]cc(C(=O)Nc4ccccc4)c3n2)cc1.[HH]. The standard InChI is InChI=1S/2C23H22N4O3S.C22H20N4O3S.H2/c1-15(2)31(29,30)18-11-9-16(10-12-18)20-14-25-22-21(26-20)19(13-24-22)23(28)27(3)17-7-5-4-6-8-17;1-15(2)31(29,30)18-10-8-17(9-11-18)20-14-25-22-21(27-20)19(13-24-22)23(28)26-12-16-6-4-3-5-7-16;1-14(2)30(28,29)17-10-8-15(9-11-17)19-13-24-21-20(26-19)18(12-23-21)22(27)25-16-6-4-3-5-7-16;/h4-15H,1-3H3,(H,24,25);3-11,13-15H,12H2,1-2H3,(H,24,25)(H,26,28);3-14H,1-2H3,(H,23,24)(H,25,27);1H. The van der Waals surface area contributed by atoms with Gasteiger partial charge in [0.05, 0.1) is 82.8 Å². The lowest BCUT2D eigenvalue weighted by molar-refractivity contribution is 0.0950. The third-order valence-corrected chi connectivity index (χ3v) is 21.4. The van der Waals surface area contributed by atoms with Crippen LogP contribution in [0.1, 0.15) is 79.6 Å². The number of hydrogen-bond donors (Lipinski definition) is 5. The second-order valence-corrected chi connectivity index (χ2v) is 29.5. The fourth-order valence-corrected chi connectivity index (χ4v) is 12.6. The van der Waals surface area contributed by atoms with Crippen molar-refractivity contribution in [2.24, 2.45) is 0 Å². The average Bonchev–Trinajstić information content (AvgIpc) is 1.80. The highest BCUT2D eigenvalue weighted by molar-refractivity contribution is 7.92. The Morgan fingerprint density at radius 3 is 1.16 bits per heavy atom. The summed E-state index contributed by atoms with van der Waals surface area (Å²) in [6.45, 7) is 10.3. The third kappa shape index (κ3) is 14.1. The molecule has 0 saturated heterocycles. The van der Waals surface area contributed by atoms with Crippen LogP contribution in [0, 0.1) is 0 Å². The number of aromatic nitrogens is 9. The van der Waals surface area contributed by atoms with Crippen LogP contribution in [0.3, 0.4) is 0 Å². The van der Waals surface area contributed by atoms with Gasteiger partial charge in [0.2, 0.25) is 0 Å². The number of sulfone groups is 3. The smallest absolute Gasteiger partial charge is 0.261 e. The molecule has 6 heterocycles. The van der Waals surface area contributed by atoms with E-state index in [1.165, 1.54) is 0 Å². The lowest BCUT2D eigenvalue weighted by Gasteiger charge is -2.16. The van der Waals surface area contributed by atoms with Gasteiger partial charge in [-0.2, -0.15) is 0 Å². The first-order valence-corrected chi connectivity index (χ1v) is 33.7. The van der Waals surface area contributed by atoms with Crippen LogP contribution in [-0.4, -0.2) is 111 Å². The summed E-state index contributed by atoms with van der Waals surface area (Å²) in [7, 11) is -8.32. The summed E-state index contributed by atoms with van der Waals surface area (Å²) in [5, 5.41) is 4.25. The van der Waals surface area contributed by atoms with Crippen molar-refractivity contribution in [1.29, 1.82) is 0 Å². The highest BCUT2D eigenvalue weighted by Gasteiger charge is 2.25. The normalized spacial score (nSPS) is 11.7. The summed E-state index contributed by atoms with van der Waals surface area (Å²) >= 11 is 0. The quantitative estimate of drug-likeness (QED) is 0.0600. The van der Waals surface area contributed by atoms with Crippen molar-refractivity contribution in [3.05, 3.63) is 223 Å². The minimum atomic E-state index is -3.35. The largest absolute Gasteiger partial charge is 0.348 e. The number of fused-ring (bicyclic) bond motifs is 3. The van der Waals surface area contributed by atoms with Crippen molar-refractivity contribution < 1.29 is 41.1 Å². The molecule has 0 aliphatic heterocycles. The van der Waals surface area contributed by atoms with Crippen LogP contribution in [-0.2, 0) is 36.1 Å². The highest BCUT2D eigenvalue weighted by Crippen LogP contribution is 2.29. The number of para-hydroxylation sites is 2. The Balaban J connectivity index is 0.000000164. The van der Waals surface area contributed by atoms with E-state index < -0.39 is 45.3 Å². The molecule has 470 valence electrons. The Morgan fingerprint density at radius 1 is 0.446 bits per heavy atom. The maximum atomic E-state index is 13.1. The number of aromatic amines is 3. The Morgan fingerprint density at radius 2 is 0.783 bits per heavy atom. The fourth-order valence-electron chi connectivity index (χ4n) is 9.41. The fraction of sp³-hybridized carbons (Fsp3) is 0.162. The molecule has 0 fully saturated rings. The Hall–Kier alpha value is -10.6. The Labute approximate surface area is 533 Å². The molecule has 12 rings (SSSR count). The number of nitrogens with zero attached hydrogens (tertiary/aromatic N) is 7. The summed E-state index contributed by atoms with van der Waals surface area (Å²) in [6.07, 6.45) is 9.55. The summed E-state index contributed by atoms with van der Waals surface area (Å²) in [4.78, 5) is 76.7. The van der Waals surface area contributed by atoms with Gasteiger partial charge in [-0.25, -0.2) is 55.2 Å². The molecule has 0 unspecified atom stereocenters. The zero-order chi connectivity index (χ0) is 65.5. The number of H-pyrrole nitrogens is 3. The number of hydrogen-bond acceptors (Lipinski definition) is 15. The third-order valence-electron chi connectivity index (χ3n) is 14.9. The van der Waals surface area contributed by atoms with Gasteiger partial charge in [-0.15, -0.1) is 0 Å². The van der Waals surface area contributed by atoms with Gasteiger partial charge in [-0.1, -0.05) is 103 Å². The molecule has 21 nitrogen and oxygen atoms in total. The highest BCUT2D eigenvalue weighted by atomic mass is 32.2. The van der Waals surface area contributed by atoms with Crippen molar-refractivity contribution in [3.63, 3.8) is 0 Å². The molecule has 24 heteroatoms. The molecule has 0 aliphatic rings. The monoisotopic (exact) mass is 1290 g/mol. The maximum absolute atomic E-state index is 13.1. The van der Waals surface area contributed by atoms with Crippen LogP contribution in [0.2, 0.25) is 0 Å². The van der Waals surface area contributed by atoms with E-state index >= 15 is 0 Å². The van der Waals surface area contributed by atoms with Crippen LogP contribution < -0.4 is 15.5 Å². The van der Waals surface area contributed by atoms with Crippen LogP contribution in [0.25, 0.3) is 67.3 Å². The van der Waals surface area contributed by atoms with Crippen LogP contribution in [0.4, 0.5) is 11.4 Å². The number of anilines is 2. The van der Waals surface area contributed by atoms with Crippen molar-refractivity contribution in [2.45, 2.75) is 78.5 Å². The molecular weight excluding hydrogens is 1230 g/mol. The first kappa shape index (κ1) is 64.4. The molecule has 0 radical (unpaired) electrons. The zero-order valence-electron chi connectivity index (χ0n) is 51.0. The van der Waals surface area contributed by atoms with Crippen LogP contribution >= 0.6 is 0 Å². The summed E-state index contributed by atoms with van der Waals surface area (Å²) in [5.41, 5.74) is 10.3. The van der Waals surface area contributed by atoms with Crippen LogP contribution in [0.15, 0.2) is 216 Å². The number of nitrogens with one attached hydrogen (secondary N) is 5. The van der Waals surface area contributed by atoms with Crippen LogP contribution in [0.5, 0.6) is 0 Å². The van der Waals surface area contributed by atoms with Gasteiger partial charge in [-0.05, 0) is 108 Å². The molecule has 6 aromatic heterocycles. The van der Waals surface area contributed by atoms with E-state index in [-0.39, 0.29) is 33.8 Å². The average molecular weight is 1290 g/mol. The first-order valence-electron chi connectivity index (χ1n) is 29.1. The van der Waals surface area contributed by atoms with Gasteiger partial charge in [0.25, 0.3) is 17.7 Å². The van der Waals surface area contributed by atoms with E-state index in [2.05, 4.69) is 55.5 Å². The molecule has 6 aromatic carbocycles. The molecule has 0 aliphatic carbocycles. The van der Waals surface area contributed by atoms with E-state index in [9.17, 15) is 39.6 Å². The van der Waals surface area contributed by atoms with E-state index in [4.69, 9.17) is 0 Å². The molecule has 12 aromatic rings. The van der Waals surface area contributed by atoms with E-state index in [1.807, 2.05) is 78.9 Å². The summed E-state index contributed by atoms with van der Waals surface area (Å²) < 4.78 is 74.0. The molecule has 5 N–H and O–H groups in total. The van der Waals surface area contributed by atoms with E-state index in [0.29, 0.717) is 96.2 Å². The van der Waals surface area contributed by atoms with Crippen molar-refractivity contribution in [1.82, 2.24) is 50.2 Å². The van der Waals surface area contributed by atoms with Gasteiger partial charge in [-0.3, -0.25) is 14.4 Å². The molecule has 3 amide bonds. The van der Waals surface area contributed by atoms with Crippen molar-refractivity contribution in [2.75, 3.05) is 17.3 Å². The first-order chi connectivity index (χ1) is 44.0. The minimum Gasteiger partial charge on any atom is -0.348 e. The number of carbonyl (C=O) groups is 3. The zero-order valence-corrected chi connectivity index (χ0v) is 53.5. The Kier molecular flexibility index (Phi) is 19.1. The second-order valence-electron chi connectivity index (χ2n) is 22.0. The van der Waals surface area contributed by atoms with Gasteiger partial charge in [0.15, 0.2) is 46.5 Å². The Bertz CT molecular complexity index is 5000. The molecule has 0 atom stereocenters. The number of benzene rings is 6. The molecule has 0 saturated carbocycles. The van der Waals surface area contributed by atoms with E-state index in [1.54, 1.807) is 176 Å². The van der Waals surface area contributed by atoms with Crippen molar-refractivity contribution >= 4 is 92.1 Å². The molecule has 0 spiro atoms. The number of rotatable bonds is 16. The number of carbonyl (C=O) groups excluding carboxylic acids is 3. The minimum absolute atomic E-state index is 0. The molecular formula is C68H66N12O9S3. The van der Waals surface area contributed by atoms with E-state index in [0.717, 1.165) is 11.3 Å². The predicted molar refractivity (Wildman–Crippen MR) is 358 cm³/mol. The predicted octanol–water partition coefficient (Wildman–Crippen LogP) is 12.1. The van der Waals surface area contributed by atoms with Gasteiger partial charge in [0.1, 0.15) is 16.6 Å². The van der Waals surface area contributed by atoms with Gasteiger partial charge in [0, 0.05) is 61.7 Å². The maximum Gasteiger partial charge on any atom is 0.261 e.